The highest BCUT2D eigenvalue weighted by molar-refractivity contribution is 6.30. The number of benzene rings is 1. The molecule has 1 N–H and O–H groups in total. The lowest BCUT2D eigenvalue weighted by atomic mass is 9.95. The smallest absolute Gasteiger partial charge is 0.356 e. The van der Waals surface area contributed by atoms with Crippen LogP contribution in [0.1, 0.15) is 51.8 Å². The Morgan fingerprint density at radius 3 is 2.58 bits per heavy atom. The van der Waals surface area contributed by atoms with Crippen molar-refractivity contribution in [1.82, 2.24) is 14.9 Å². The van der Waals surface area contributed by atoms with E-state index in [1.807, 2.05) is 18.2 Å². The number of nitrogens with zero attached hydrogens (tertiary/aromatic N) is 3. The van der Waals surface area contributed by atoms with E-state index in [9.17, 15) is 9.59 Å². The fourth-order valence-corrected chi connectivity index (χ4v) is 3.13. The maximum atomic E-state index is 12.8. The fourth-order valence-electron chi connectivity index (χ4n) is 2.93. The zero-order chi connectivity index (χ0) is 17.1. The summed E-state index contributed by atoms with van der Waals surface area (Å²) in [5, 5.41) is 9.50. The van der Waals surface area contributed by atoms with Crippen LogP contribution in [0.2, 0.25) is 5.02 Å². The van der Waals surface area contributed by atoms with Gasteiger partial charge in [-0.3, -0.25) is 4.79 Å². The van der Waals surface area contributed by atoms with Crippen molar-refractivity contribution >= 4 is 23.5 Å². The summed E-state index contributed by atoms with van der Waals surface area (Å²) >= 11 is 6.07. The molecule has 124 valence electrons. The third kappa shape index (κ3) is 3.38. The minimum atomic E-state index is -1.17. The van der Waals surface area contributed by atoms with Crippen LogP contribution in [0.3, 0.4) is 0 Å². The van der Waals surface area contributed by atoms with Crippen LogP contribution in [-0.4, -0.2) is 38.4 Å². The Hall–Kier alpha value is -2.47. The average molecular weight is 346 g/mol. The molecule has 1 aliphatic heterocycles. The van der Waals surface area contributed by atoms with Gasteiger partial charge < -0.3 is 10.0 Å². The SMILES string of the molecule is O=C(O)c1cnc(C(=O)N2CCCCC2c2cccc(Cl)c2)cn1. The van der Waals surface area contributed by atoms with Crippen LogP contribution >= 0.6 is 11.6 Å². The zero-order valence-electron chi connectivity index (χ0n) is 12.9. The molecular formula is C17H16ClN3O3. The normalized spacial score (nSPS) is 17.5. The Labute approximate surface area is 144 Å². The van der Waals surface area contributed by atoms with Crippen LogP contribution in [0.25, 0.3) is 0 Å². The summed E-state index contributed by atoms with van der Waals surface area (Å²) in [6.07, 6.45) is 5.13. The van der Waals surface area contributed by atoms with Crippen molar-refractivity contribution in [1.29, 1.82) is 0 Å². The average Bonchev–Trinajstić information content (AvgIpc) is 2.61. The second-order valence-electron chi connectivity index (χ2n) is 5.66. The first-order valence-electron chi connectivity index (χ1n) is 7.68. The molecule has 1 unspecified atom stereocenters. The minimum absolute atomic E-state index is 0.0640. The monoisotopic (exact) mass is 345 g/mol. The molecule has 0 bridgehead atoms. The van der Waals surface area contributed by atoms with Gasteiger partial charge in [-0.1, -0.05) is 23.7 Å². The highest BCUT2D eigenvalue weighted by Crippen LogP contribution is 2.32. The molecule has 0 aliphatic carbocycles. The van der Waals surface area contributed by atoms with E-state index in [-0.39, 0.29) is 23.3 Å². The first-order chi connectivity index (χ1) is 11.6. The van der Waals surface area contributed by atoms with E-state index >= 15 is 0 Å². The van der Waals surface area contributed by atoms with Crippen LogP contribution < -0.4 is 0 Å². The number of aromatic carboxylic acids is 1. The number of carboxylic acids is 1. The van der Waals surface area contributed by atoms with Gasteiger partial charge in [0, 0.05) is 11.6 Å². The molecule has 3 rings (SSSR count). The van der Waals surface area contributed by atoms with Gasteiger partial charge in [-0.25, -0.2) is 14.8 Å². The van der Waals surface area contributed by atoms with Crippen molar-refractivity contribution in [3.63, 3.8) is 0 Å². The molecule has 0 saturated carbocycles. The predicted molar refractivity (Wildman–Crippen MR) is 88.1 cm³/mol. The Bertz CT molecular complexity index is 764. The highest BCUT2D eigenvalue weighted by atomic mass is 35.5. The van der Waals surface area contributed by atoms with Gasteiger partial charge in [-0.2, -0.15) is 0 Å². The van der Waals surface area contributed by atoms with Gasteiger partial charge in [0.2, 0.25) is 0 Å². The standard InChI is InChI=1S/C17H16ClN3O3/c18-12-5-3-4-11(8-12)15-6-1-2-7-21(15)16(22)13-9-20-14(10-19-13)17(23)24/h3-5,8-10,15H,1-2,6-7H2,(H,23,24). The van der Waals surface area contributed by atoms with Gasteiger partial charge in [-0.15, -0.1) is 0 Å². The summed E-state index contributed by atoms with van der Waals surface area (Å²) in [6, 6.07) is 7.44. The van der Waals surface area contributed by atoms with Gasteiger partial charge in [0.1, 0.15) is 5.69 Å². The fraction of sp³-hybridized carbons (Fsp3) is 0.294. The summed E-state index contributed by atoms with van der Waals surface area (Å²) in [4.78, 5) is 33.1. The number of hydrogen-bond donors (Lipinski definition) is 1. The Balaban J connectivity index is 1.87. The Morgan fingerprint density at radius 2 is 1.92 bits per heavy atom. The maximum Gasteiger partial charge on any atom is 0.356 e. The topological polar surface area (TPSA) is 83.4 Å². The van der Waals surface area contributed by atoms with Gasteiger partial charge >= 0.3 is 5.97 Å². The van der Waals surface area contributed by atoms with Crippen LogP contribution in [0.15, 0.2) is 36.7 Å². The molecule has 1 amide bonds. The second kappa shape index (κ2) is 6.97. The lowest BCUT2D eigenvalue weighted by Crippen LogP contribution is -2.39. The van der Waals surface area contributed by atoms with E-state index < -0.39 is 5.97 Å². The summed E-state index contributed by atoms with van der Waals surface area (Å²) in [6.45, 7) is 0.623. The molecule has 2 heterocycles. The molecule has 0 spiro atoms. The van der Waals surface area contributed by atoms with Crippen molar-refractivity contribution in [2.45, 2.75) is 25.3 Å². The number of halogens is 1. The third-order valence-corrected chi connectivity index (χ3v) is 4.32. The number of hydrogen-bond acceptors (Lipinski definition) is 4. The van der Waals surface area contributed by atoms with Crippen LogP contribution in [0.4, 0.5) is 0 Å². The highest BCUT2D eigenvalue weighted by Gasteiger charge is 2.29. The van der Waals surface area contributed by atoms with Crippen molar-refractivity contribution < 1.29 is 14.7 Å². The number of amides is 1. The van der Waals surface area contributed by atoms with Crippen molar-refractivity contribution in [2.24, 2.45) is 0 Å². The van der Waals surface area contributed by atoms with E-state index in [1.165, 1.54) is 6.20 Å². The second-order valence-corrected chi connectivity index (χ2v) is 6.09. The van der Waals surface area contributed by atoms with E-state index in [2.05, 4.69) is 9.97 Å². The number of carboxylic acid groups (broad SMARTS) is 1. The molecular weight excluding hydrogens is 330 g/mol. The molecule has 1 saturated heterocycles. The largest absolute Gasteiger partial charge is 0.476 e. The Kier molecular flexibility index (Phi) is 4.76. The molecule has 2 aromatic rings. The number of carbonyl (C=O) groups excluding carboxylic acids is 1. The lowest BCUT2D eigenvalue weighted by Gasteiger charge is -2.36. The lowest BCUT2D eigenvalue weighted by molar-refractivity contribution is 0.0601. The van der Waals surface area contributed by atoms with Crippen LogP contribution in [0.5, 0.6) is 0 Å². The minimum Gasteiger partial charge on any atom is -0.476 e. The van der Waals surface area contributed by atoms with Crippen molar-refractivity contribution in [3.8, 4) is 0 Å². The number of aromatic nitrogens is 2. The molecule has 1 aromatic carbocycles. The number of carbonyl (C=O) groups is 2. The van der Waals surface area contributed by atoms with Gasteiger partial charge in [0.05, 0.1) is 18.4 Å². The number of rotatable bonds is 3. The molecule has 1 aromatic heterocycles. The van der Waals surface area contributed by atoms with Crippen LogP contribution in [-0.2, 0) is 0 Å². The first-order valence-corrected chi connectivity index (χ1v) is 8.06. The van der Waals surface area contributed by atoms with Gasteiger partial charge in [0.25, 0.3) is 5.91 Å². The van der Waals surface area contributed by atoms with E-state index in [0.29, 0.717) is 11.6 Å². The number of likely N-dealkylation sites (tertiary alicyclic amines) is 1. The third-order valence-electron chi connectivity index (χ3n) is 4.09. The summed E-state index contributed by atoms with van der Waals surface area (Å²) in [5.74, 6) is -1.42. The summed E-state index contributed by atoms with van der Waals surface area (Å²) < 4.78 is 0. The molecule has 0 radical (unpaired) electrons. The molecule has 7 heteroatoms. The van der Waals surface area contributed by atoms with E-state index in [1.54, 1.807) is 11.0 Å². The zero-order valence-corrected chi connectivity index (χ0v) is 13.6. The molecule has 6 nitrogen and oxygen atoms in total. The first kappa shape index (κ1) is 16.4. The quantitative estimate of drug-likeness (QED) is 0.923. The summed E-state index contributed by atoms with van der Waals surface area (Å²) in [5.41, 5.74) is 0.955. The van der Waals surface area contributed by atoms with Gasteiger partial charge in [-0.05, 0) is 37.0 Å². The van der Waals surface area contributed by atoms with Gasteiger partial charge in [0.15, 0.2) is 5.69 Å². The molecule has 1 atom stereocenters. The van der Waals surface area contributed by atoms with E-state index in [4.69, 9.17) is 16.7 Å². The molecule has 24 heavy (non-hydrogen) atoms. The maximum absolute atomic E-state index is 12.8. The summed E-state index contributed by atoms with van der Waals surface area (Å²) in [7, 11) is 0. The van der Waals surface area contributed by atoms with Crippen molar-refractivity contribution in [2.75, 3.05) is 6.54 Å². The Morgan fingerprint density at radius 1 is 1.17 bits per heavy atom. The molecule has 1 fully saturated rings. The van der Waals surface area contributed by atoms with Crippen molar-refractivity contribution in [3.05, 3.63) is 58.6 Å². The number of piperidine rings is 1. The molecule has 1 aliphatic rings. The van der Waals surface area contributed by atoms with Crippen LogP contribution in [0, 0.1) is 0 Å². The van der Waals surface area contributed by atoms with E-state index in [0.717, 1.165) is 31.0 Å². The predicted octanol–water partition coefficient (Wildman–Crippen LogP) is 3.20.